The molecule has 2 bridgehead atoms. The zero-order chi connectivity index (χ0) is 15.2. The second-order valence-electron chi connectivity index (χ2n) is 5.63. The quantitative estimate of drug-likeness (QED) is 0.805. The van der Waals surface area contributed by atoms with E-state index in [0.29, 0.717) is 5.92 Å². The molecule has 7 heteroatoms. The fourth-order valence-electron chi connectivity index (χ4n) is 3.34. The molecule has 0 spiro atoms. The number of carbonyl (C=O) groups is 1. The number of pyridine rings is 1. The molecule has 4 unspecified atom stereocenters. The highest BCUT2D eigenvalue weighted by atomic mass is 19.4. The van der Waals surface area contributed by atoms with E-state index in [-0.39, 0.29) is 24.1 Å². The van der Waals surface area contributed by atoms with Crippen LogP contribution in [0.5, 0.6) is 5.88 Å². The van der Waals surface area contributed by atoms with Crippen LogP contribution in [0.15, 0.2) is 18.3 Å². The van der Waals surface area contributed by atoms with E-state index in [2.05, 4.69) is 4.98 Å². The van der Waals surface area contributed by atoms with Gasteiger partial charge in [0, 0.05) is 18.3 Å². The maximum absolute atomic E-state index is 12.5. The summed E-state index contributed by atoms with van der Waals surface area (Å²) in [6.07, 6.45) is -1.32. The lowest BCUT2D eigenvalue weighted by molar-refractivity contribution is -0.138. The van der Waals surface area contributed by atoms with Crippen LogP contribution in [0.3, 0.4) is 0 Å². The number of aromatic nitrogens is 1. The third-order valence-corrected chi connectivity index (χ3v) is 4.50. The zero-order valence-electron chi connectivity index (χ0n) is 11.4. The number of amides is 1. The van der Waals surface area contributed by atoms with Crippen LogP contribution < -0.4 is 4.74 Å². The summed E-state index contributed by atoms with van der Waals surface area (Å²) in [4.78, 5) is 16.5. The first-order valence-corrected chi connectivity index (χ1v) is 6.83. The Morgan fingerprint density at radius 3 is 2.67 bits per heavy atom. The molecule has 3 rings (SSSR count). The first-order chi connectivity index (χ1) is 9.90. The molecule has 0 N–H and O–H groups in total. The number of ether oxygens (including phenoxy) is 1. The minimum absolute atomic E-state index is 0.00778. The monoisotopic (exact) mass is 300 g/mol. The lowest BCUT2D eigenvalue weighted by Gasteiger charge is -2.34. The average molecular weight is 300 g/mol. The Kier molecular flexibility index (Phi) is 3.30. The van der Waals surface area contributed by atoms with Crippen LogP contribution in [-0.2, 0) is 11.0 Å². The molecule has 1 aliphatic heterocycles. The number of hydrogen-bond donors (Lipinski definition) is 0. The van der Waals surface area contributed by atoms with Crippen molar-refractivity contribution in [2.75, 3.05) is 0 Å². The molecule has 1 saturated heterocycles. The van der Waals surface area contributed by atoms with Gasteiger partial charge in [-0.3, -0.25) is 4.79 Å². The molecule has 4 atom stereocenters. The van der Waals surface area contributed by atoms with Crippen molar-refractivity contribution in [2.24, 2.45) is 5.92 Å². The Labute approximate surface area is 119 Å². The summed E-state index contributed by atoms with van der Waals surface area (Å²) < 4.78 is 43.1. The molecule has 1 aliphatic carbocycles. The van der Waals surface area contributed by atoms with Crippen LogP contribution in [-0.4, -0.2) is 34.5 Å². The molecule has 0 aromatic carbocycles. The van der Waals surface area contributed by atoms with Crippen LogP contribution in [0.25, 0.3) is 0 Å². The highest BCUT2D eigenvalue weighted by Crippen LogP contribution is 2.43. The van der Waals surface area contributed by atoms with E-state index in [9.17, 15) is 18.0 Å². The van der Waals surface area contributed by atoms with E-state index in [1.54, 1.807) is 4.90 Å². The van der Waals surface area contributed by atoms with E-state index in [4.69, 9.17) is 4.74 Å². The Morgan fingerprint density at radius 1 is 1.38 bits per heavy atom. The third-order valence-electron chi connectivity index (χ3n) is 4.50. The molecule has 2 aliphatic rings. The molecule has 2 fully saturated rings. The fraction of sp³-hybridized carbons (Fsp3) is 0.571. The number of hydrogen-bond acceptors (Lipinski definition) is 3. The number of rotatable bonds is 3. The predicted molar refractivity (Wildman–Crippen MR) is 67.5 cm³/mol. The van der Waals surface area contributed by atoms with E-state index in [1.165, 1.54) is 6.07 Å². The van der Waals surface area contributed by atoms with Crippen molar-refractivity contribution in [2.45, 2.75) is 44.1 Å². The van der Waals surface area contributed by atoms with E-state index >= 15 is 0 Å². The molecule has 1 amide bonds. The third kappa shape index (κ3) is 2.45. The molecule has 2 heterocycles. The lowest BCUT2D eigenvalue weighted by Crippen LogP contribution is -2.47. The lowest BCUT2D eigenvalue weighted by atomic mass is 10.00. The number of halogens is 3. The van der Waals surface area contributed by atoms with Crippen molar-refractivity contribution in [1.82, 2.24) is 9.88 Å². The van der Waals surface area contributed by atoms with E-state index in [1.807, 2.05) is 6.92 Å². The van der Waals surface area contributed by atoms with Crippen molar-refractivity contribution >= 4 is 6.41 Å². The summed E-state index contributed by atoms with van der Waals surface area (Å²) in [6.45, 7) is 2.01. The van der Waals surface area contributed by atoms with Crippen molar-refractivity contribution in [3.05, 3.63) is 23.9 Å². The number of likely N-dealkylation sites (tertiary alicyclic amines) is 1. The number of piperidine rings is 1. The van der Waals surface area contributed by atoms with Gasteiger partial charge in [0.2, 0.25) is 12.3 Å². The van der Waals surface area contributed by atoms with Gasteiger partial charge < -0.3 is 9.64 Å². The van der Waals surface area contributed by atoms with Crippen LogP contribution >= 0.6 is 0 Å². The Balaban J connectivity index is 1.69. The van der Waals surface area contributed by atoms with Crippen molar-refractivity contribution in [1.29, 1.82) is 0 Å². The van der Waals surface area contributed by atoms with E-state index < -0.39 is 11.7 Å². The van der Waals surface area contributed by atoms with Gasteiger partial charge in [-0.05, 0) is 31.7 Å². The zero-order valence-corrected chi connectivity index (χ0v) is 11.4. The molecule has 114 valence electrons. The smallest absolute Gasteiger partial charge is 0.417 e. The standard InChI is InChI=1S/C14H15F3N2O2/c1-8-9-4-11(19(8)7-20)12(5-9)21-13-3-2-10(6-18-13)14(15,16)17/h2-3,6-9,11-12H,4-5H2,1H3. The highest BCUT2D eigenvalue weighted by molar-refractivity contribution is 5.50. The van der Waals surface area contributed by atoms with E-state index in [0.717, 1.165) is 31.5 Å². The fourth-order valence-corrected chi connectivity index (χ4v) is 3.34. The number of carbonyl (C=O) groups excluding carboxylic acids is 1. The Bertz CT molecular complexity index is 532. The molecular formula is C14H15F3N2O2. The van der Waals surface area contributed by atoms with Crippen LogP contribution in [0.2, 0.25) is 0 Å². The van der Waals surface area contributed by atoms with Crippen molar-refractivity contribution in [3.8, 4) is 5.88 Å². The summed E-state index contributed by atoms with van der Waals surface area (Å²) in [5.41, 5.74) is -0.800. The summed E-state index contributed by atoms with van der Waals surface area (Å²) >= 11 is 0. The maximum atomic E-state index is 12.5. The van der Waals surface area contributed by atoms with Gasteiger partial charge in [-0.25, -0.2) is 4.98 Å². The second-order valence-corrected chi connectivity index (χ2v) is 5.63. The van der Waals surface area contributed by atoms with Crippen LogP contribution in [0, 0.1) is 5.92 Å². The number of nitrogens with zero attached hydrogens (tertiary/aromatic N) is 2. The van der Waals surface area contributed by atoms with Gasteiger partial charge in [0.15, 0.2) is 0 Å². The summed E-state index contributed by atoms with van der Waals surface area (Å²) in [5.74, 6) is 0.554. The molecular weight excluding hydrogens is 285 g/mol. The van der Waals surface area contributed by atoms with Gasteiger partial charge in [0.25, 0.3) is 0 Å². The SMILES string of the molecule is CC1C2CC(Oc3ccc(C(F)(F)F)cn3)C(C2)N1C=O. The van der Waals surface area contributed by atoms with Gasteiger partial charge in [-0.2, -0.15) is 13.2 Å². The largest absolute Gasteiger partial charge is 0.472 e. The average Bonchev–Trinajstić information content (AvgIpc) is 2.96. The Morgan fingerprint density at radius 2 is 2.14 bits per heavy atom. The molecule has 1 aromatic heterocycles. The minimum Gasteiger partial charge on any atom is -0.472 e. The highest BCUT2D eigenvalue weighted by Gasteiger charge is 2.50. The number of alkyl halides is 3. The van der Waals surface area contributed by atoms with Gasteiger partial charge >= 0.3 is 6.18 Å². The molecule has 0 radical (unpaired) electrons. The summed E-state index contributed by atoms with van der Waals surface area (Å²) in [5, 5.41) is 0. The summed E-state index contributed by atoms with van der Waals surface area (Å²) in [7, 11) is 0. The van der Waals surface area contributed by atoms with Gasteiger partial charge in [0.05, 0.1) is 11.6 Å². The van der Waals surface area contributed by atoms with Crippen LogP contribution in [0.4, 0.5) is 13.2 Å². The van der Waals surface area contributed by atoms with Crippen molar-refractivity contribution in [3.63, 3.8) is 0 Å². The minimum atomic E-state index is -4.40. The Hall–Kier alpha value is -1.79. The van der Waals surface area contributed by atoms with Gasteiger partial charge in [-0.15, -0.1) is 0 Å². The maximum Gasteiger partial charge on any atom is 0.417 e. The second kappa shape index (κ2) is 4.89. The van der Waals surface area contributed by atoms with Gasteiger partial charge in [-0.1, -0.05) is 0 Å². The normalized spacial score (nSPS) is 31.5. The molecule has 4 nitrogen and oxygen atoms in total. The predicted octanol–water partition coefficient (Wildman–Crippen LogP) is 2.49. The molecule has 21 heavy (non-hydrogen) atoms. The van der Waals surface area contributed by atoms with Gasteiger partial charge in [0.1, 0.15) is 6.10 Å². The molecule has 1 saturated carbocycles. The first kappa shape index (κ1) is 14.2. The number of fused-ring (bicyclic) bond motifs is 2. The molecule has 1 aromatic rings. The van der Waals surface area contributed by atoms with Crippen molar-refractivity contribution < 1.29 is 22.7 Å². The summed E-state index contributed by atoms with van der Waals surface area (Å²) in [6, 6.07) is 2.37. The topological polar surface area (TPSA) is 42.4 Å². The first-order valence-electron chi connectivity index (χ1n) is 6.83. The van der Waals surface area contributed by atoms with Crippen LogP contribution in [0.1, 0.15) is 25.3 Å².